The van der Waals surface area contributed by atoms with E-state index in [2.05, 4.69) is 45.2 Å². The summed E-state index contributed by atoms with van der Waals surface area (Å²) in [6.07, 6.45) is 7.44. The number of para-hydroxylation sites is 1. The van der Waals surface area contributed by atoms with Crippen LogP contribution in [0, 0.1) is 5.92 Å². The SMILES string of the molecule is CCc1nnc2n1CC(CNCC=Cc1ccccc1OC)CC2. The molecule has 24 heavy (non-hydrogen) atoms. The Kier molecular flexibility index (Phi) is 5.64. The van der Waals surface area contributed by atoms with Crippen LogP contribution in [-0.2, 0) is 19.4 Å². The van der Waals surface area contributed by atoms with E-state index in [1.165, 1.54) is 6.42 Å². The van der Waals surface area contributed by atoms with Crippen LogP contribution in [0.25, 0.3) is 6.08 Å². The van der Waals surface area contributed by atoms with Gasteiger partial charge in [0.05, 0.1) is 7.11 Å². The van der Waals surface area contributed by atoms with Crippen molar-refractivity contribution >= 4 is 6.08 Å². The summed E-state index contributed by atoms with van der Waals surface area (Å²) in [5, 5.41) is 12.1. The smallest absolute Gasteiger partial charge is 0.133 e. The normalized spacial score (nSPS) is 17.2. The molecule has 1 unspecified atom stereocenters. The largest absolute Gasteiger partial charge is 0.496 e. The monoisotopic (exact) mass is 326 g/mol. The lowest BCUT2D eigenvalue weighted by Gasteiger charge is -2.24. The molecule has 2 aromatic rings. The van der Waals surface area contributed by atoms with E-state index in [4.69, 9.17) is 4.74 Å². The highest BCUT2D eigenvalue weighted by Gasteiger charge is 2.21. The van der Waals surface area contributed by atoms with E-state index in [0.717, 1.165) is 55.4 Å². The van der Waals surface area contributed by atoms with Crippen molar-refractivity contribution in [1.82, 2.24) is 20.1 Å². The minimum atomic E-state index is 0.651. The molecule has 5 nitrogen and oxygen atoms in total. The number of aryl methyl sites for hydroxylation is 2. The summed E-state index contributed by atoms with van der Waals surface area (Å²) in [6.45, 7) is 5.07. The maximum Gasteiger partial charge on any atom is 0.133 e. The molecule has 1 N–H and O–H groups in total. The van der Waals surface area contributed by atoms with Crippen LogP contribution in [0.1, 0.15) is 30.6 Å². The van der Waals surface area contributed by atoms with Gasteiger partial charge in [-0.3, -0.25) is 0 Å². The summed E-state index contributed by atoms with van der Waals surface area (Å²) in [5.74, 6) is 3.83. The van der Waals surface area contributed by atoms with Crippen molar-refractivity contribution in [3.63, 3.8) is 0 Å². The van der Waals surface area contributed by atoms with Gasteiger partial charge in [0.2, 0.25) is 0 Å². The third-order valence-corrected chi connectivity index (χ3v) is 4.57. The molecule has 0 radical (unpaired) electrons. The first-order valence-corrected chi connectivity index (χ1v) is 8.73. The van der Waals surface area contributed by atoms with Gasteiger partial charge < -0.3 is 14.6 Å². The summed E-state index contributed by atoms with van der Waals surface area (Å²) in [7, 11) is 1.71. The van der Waals surface area contributed by atoms with Gasteiger partial charge in [0.25, 0.3) is 0 Å². The lowest BCUT2D eigenvalue weighted by molar-refractivity contribution is 0.347. The third-order valence-electron chi connectivity index (χ3n) is 4.57. The minimum Gasteiger partial charge on any atom is -0.496 e. The second-order valence-corrected chi connectivity index (χ2v) is 6.20. The Morgan fingerprint density at radius 3 is 3.04 bits per heavy atom. The highest BCUT2D eigenvalue weighted by Crippen LogP contribution is 2.20. The van der Waals surface area contributed by atoms with Gasteiger partial charge in [-0.05, 0) is 24.9 Å². The number of methoxy groups -OCH3 is 1. The molecule has 1 aliphatic heterocycles. The van der Waals surface area contributed by atoms with E-state index in [9.17, 15) is 0 Å². The van der Waals surface area contributed by atoms with Gasteiger partial charge in [0.1, 0.15) is 17.4 Å². The van der Waals surface area contributed by atoms with Crippen LogP contribution in [0.5, 0.6) is 5.75 Å². The van der Waals surface area contributed by atoms with E-state index in [1.54, 1.807) is 7.11 Å². The van der Waals surface area contributed by atoms with Crippen molar-refractivity contribution in [2.75, 3.05) is 20.2 Å². The second-order valence-electron chi connectivity index (χ2n) is 6.20. The Morgan fingerprint density at radius 1 is 1.33 bits per heavy atom. The minimum absolute atomic E-state index is 0.651. The molecule has 1 aromatic carbocycles. The number of hydrogen-bond donors (Lipinski definition) is 1. The van der Waals surface area contributed by atoms with Gasteiger partial charge in [-0.1, -0.05) is 37.3 Å². The van der Waals surface area contributed by atoms with Crippen molar-refractivity contribution in [2.24, 2.45) is 5.92 Å². The van der Waals surface area contributed by atoms with Crippen molar-refractivity contribution < 1.29 is 4.74 Å². The van der Waals surface area contributed by atoms with Crippen LogP contribution in [-0.4, -0.2) is 35.0 Å². The number of fused-ring (bicyclic) bond motifs is 1. The summed E-state index contributed by atoms with van der Waals surface area (Å²) in [5.41, 5.74) is 1.11. The molecule has 0 fully saturated rings. The fraction of sp³-hybridized carbons (Fsp3) is 0.474. The predicted octanol–water partition coefficient (Wildman–Crippen LogP) is 2.71. The van der Waals surface area contributed by atoms with E-state index in [-0.39, 0.29) is 0 Å². The van der Waals surface area contributed by atoms with Crippen LogP contribution < -0.4 is 10.1 Å². The quantitative estimate of drug-likeness (QED) is 0.795. The maximum absolute atomic E-state index is 5.36. The van der Waals surface area contributed by atoms with Gasteiger partial charge >= 0.3 is 0 Å². The number of ether oxygens (including phenoxy) is 1. The molecule has 1 aliphatic rings. The van der Waals surface area contributed by atoms with Crippen LogP contribution in [0.3, 0.4) is 0 Å². The van der Waals surface area contributed by atoms with Gasteiger partial charge in [0, 0.05) is 31.5 Å². The zero-order valence-corrected chi connectivity index (χ0v) is 14.5. The Labute approximate surface area is 143 Å². The van der Waals surface area contributed by atoms with Gasteiger partial charge in [-0.15, -0.1) is 10.2 Å². The van der Waals surface area contributed by atoms with Crippen LogP contribution in [0.15, 0.2) is 30.3 Å². The van der Waals surface area contributed by atoms with E-state index in [1.807, 2.05) is 18.2 Å². The fourth-order valence-electron chi connectivity index (χ4n) is 3.24. The molecule has 0 bridgehead atoms. The van der Waals surface area contributed by atoms with E-state index in [0.29, 0.717) is 5.92 Å². The summed E-state index contributed by atoms with van der Waals surface area (Å²) >= 11 is 0. The number of nitrogens with zero attached hydrogens (tertiary/aromatic N) is 3. The fourth-order valence-corrected chi connectivity index (χ4v) is 3.24. The highest BCUT2D eigenvalue weighted by molar-refractivity contribution is 5.57. The van der Waals surface area contributed by atoms with E-state index < -0.39 is 0 Å². The standard InChI is InChI=1S/C19H26N4O/c1-3-18-21-22-19-11-10-15(14-23(18)19)13-20-12-6-8-16-7-4-5-9-17(16)24-2/h4-9,15,20H,3,10-14H2,1-2H3. The Hall–Kier alpha value is -2.14. The second kappa shape index (κ2) is 8.11. The average molecular weight is 326 g/mol. The van der Waals surface area contributed by atoms with Crippen molar-refractivity contribution in [3.05, 3.63) is 47.6 Å². The van der Waals surface area contributed by atoms with Gasteiger partial charge in [-0.25, -0.2) is 0 Å². The van der Waals surface area contributed by atoms with Gasteiger partial charge in [-0.2, -0.15) is 0 Å². The molecular weight excluding hydrogens is 300 g/mol. The number of hydrogen-bond acceptors (Lipinski definition) is 4. The lowest BCUT2D eigenvalue weighted by atomic mass is 9.99. The highest BCUT2D eigenvalue weighted by atomic mass is 16.5. The number of aromatic nitrogens is 3. The van der Waals surface area contributed by atoms with Crippen LogP contribution in [0.2, 0.25) is 0 Å². The third kappa shape index (κ3) is 3.85. The molecule has 5 heteroatoms. The lowest BCUT2D eigenvalue weighted by Crippen LogP contribution is -2.30. The topological polar surface area (TPSA) is 52.0 Å². The average Bonchev–Trinajstić information content (AvgIpc) is 3.04. The van der Waals surface area contributed by atoms with Crippen molar-refractivity contribution in [1.29, 1.82) is 0 Å². The summed E-state index contributed by atoms with van der Waals surface area (Å²) in [4.78, 5) is 0. The molecule has 2 heterocycles. The zero-order valence-electron chi connectivity index (χ0n) is 14.5. The zero-order chi connectivity index (χ0) is 16.8. The van der Waals surface area contributed by atoms with Crippen molar-refractivity contribution in [3.8, 4) is 5.75 Å². The number of nitrogens with one attached hydrogen (secondary N) is 1. The van der Waals surface area contributed by atoms with Crippen LogP contribution in [0.4, 0.5) is 0 Å². The molecule has 0 spiro atoms. The first kappa shape index (κ1) is 16.7. The molecule has 0 saturated carbocycles. The van der Waals surface area contributed by atoms with E-state index >= 15 is 0 Å². The summed E-state index contributed by atoms with van der Waals surface area (Å²) in [6, 6.07) is 8.06. The number of benzene rings is 1. The molecule has 0 amide bonds. The summed E-state index contributed by atoms with van der Waals surface area (Å²) < 4.78 is 7.66. The van der Waals surface area contributed by atoms with Gasteiger partial charge in [0.15, 0.2) is 0 Å². The Bertz CT molecular complexity index is 679. The molecule has 0 aliphatic carbocycles. The number of rotatable bonds is 7. The first-order chi connectivity index (χ1) is 11.8. The molecule has 128 valence electrons. The molecule has 1 atom stereocenters. The molecular formula is C19H26N4O. The molecule has 1 aromatic heterocycles. The Morgan fingerprint density at radius 2 is 2.21 bits per heavy atom. The maximum atomic E-state index is 5.36. The molecule has 0 saturated heterocycles. The van der Waals surface area contributed by atoms with Crippen molar-refractivity contribution in [2.45, 2.75) is 32.7 Å². The first-order valence-electron chi connectivity index (χ1n) is 8.73. The van der Waals surface area contributed by atoms with Crippen LogP contribution >= 0.6 is 0 Å². The molecule has 3 rings (SSSR count). The predicted molar refractivity (Wildman–Crippen MR) is 96.1 cm³/mol. The Balaban J connectivity index is 1.46.